The van der Waals surface area contributed by atoms with Crippen molar-refractivity contribution >= 4 is 29.1 Å². The molecular weight excluding hydrogens is 361 g/mol. The van der Waals surface area contributed by atoms with Crippen LogP contribution in [0.1, 0.15) is 27.0 Å². The molecule has 0 bridgehead atoms. The topological polar surface area (TPSA) is 66.9 Å². The number of primary amides is 1. The van der Waals surface area contributed by atoms with Gasteiger partial charge in [0.05, 0.1) is 33.2 Å². The summed E-state index contributed by atoms with van der Waals surface area (Å²) in [5.41, 5.74) is -0.702. The van der Waals surface area contributed by atoms with E-state index in [1.807, 2.05) is 0 Å². The highest BCUT2D eigenvalue weighted by Crippen LogP contribution is 2.45. The molecule has 11 heteroatoms. The van der Waals surface area contributed by atoms with Crippen molar-refractivity contribution in [1.82, 2.24) is 0 Å². The lowest BCUT2D eigenvalue weighted by Crippen LogP contribution is -2.22. The van der Waals surface area contributed by atoms with Crippen molar-refractivity contribution in [2.45, 2.75) is 18.8 Å². The standard InChI is InChI=1S/C11H4Cl2F6N2O/c12-7-3(1-10(14,15)16)8(13)6(11(17,18)19)4(2-20)5(7)9(21)22/h1H2,(H2,21,22). The summed E-state index contributed by atoms with van der Waals surface area (Å²) < 4.78 is 76.3. The molecule has 0 aliphatic heterocycles. The maximum atomic E-state index is 13.0. The minimum atomic E-state index is -5.28. The Balaban J connectivity index is 3.94. The van der Waals surface area contributed by atoms with Crippen LogP contribution in [0, 0.1) is 11.3 Å². The number of rotatable bonds is 2. The third kappa shape index (κ3) is 3.56. The predicted molar refractivity (Wildman–Crippen MR) is 64.5 cm³/mol. The fourth-order valence-electron chi connectivity index (χ4n) is 1.71. The van der Waals surface area contributed by atoms with Crippen LogP contribution in [-0.2, 0) is 12.6 Å². The fourth-order valence-corrected chi connectivity index (χ4v) is 2.47. The van der Waals surface area contributed by atoms with Gasteiger partial charge in [-0.3, -0.25) is 4.79 Å². The third-order valence-electron chi connectivity index (χ3n) is 2.49. The average Bonchev–Trinajstić information content (AvgIpc) is 2.29. The monoisotopic (exact) mass is 364 g/mol. The number of nitrogens with zero attached hydrogens (tertiary/aromatic N) is 1. The zero-order valence-electron chi connectivity index (χ0n) is 10.2. The Morgan fingerprint density at radius 1 is 1.14 bits per heavy atom. The molecule has 0 heterocycles. The van der Waals surface area contributed by atoms with E-state index < -0.39 is 57.0 Å². The summed E-state index contributed by atoms with van der Waals surface area (Å²) in [6.45, 7) is 0. The van der Waals surface area contributed by atoms with E-state index in [0.717, 1.165) is 6.07 Å². The molecule has 1 aromatic carbocycles. The molecule has 1 amide bonds. The second kappa shape index (κ2) is 5.85. The SMILES string of the molecule is N#Cc1c(C(N)=O)c(Cl)c(CC(F)(F)F)c(Cl)c1C(F)(F)F. The molecule has 1 aromatic rings. The first-order valence-electron chi connectivity index (χ1n) is 5.19. The molecule has 22 heavy (non-hydrogen) atoms. The highest BCUT2D eigenvalue weighted by atomic mass is 35.5. The Hall–Kier alpha value is -1.66. The molecule has 0 aromatic heterocycles. The smallest absolute Gasteiger partial charge is 0.366 e. The Labute approximate surface area is 129 Å². The van der Waals surface area contributed by atoms with Crippen LogP contribution in [0.4, 0.5) is 26.3 Å². The second-order valence-corrected chi connectivity index (χ2v) is 4.75. The molecular formula is C11H4Cl2F6N2O. The molecule has 0 fully saturated rings. The van der Waals surface area contributed by atoms with Crippen LogP contribution < -0.4 is 5.73 Å². The van der Waals surface area contributed by atoms with Gasteiger partial charge in [0, 0.05) is 0 Å². The van der Waals surface area contributed by atoms with Gasteiger partial charge in [-0.2, -0.15) is 31.6 Å². The number of amides is 1. The van der Waals surface area contributed by atoms with Crippen LogP contribution in [-0.4, -0.2) is 12.1 Å². The van der Waals surface area contributed by atoms with Gasteiger partial charge < -0.3 is 5.73 Å². The van der Waals surface area contributed by atoms with E-state index >= 15 is 0 Å². The van der Waals surface area contributed by atoms with Crippen LogP contribution in [0.2, 0.25) is 10.0 Å². The van der Waals surface area contributed by atoms with Crippen LogP contribution in [0.5, 0.6) is 0 Å². The number of nitrogens with two attached hydrogens (primary N) is 1. The van der Waals surface area contributed by atoms with E-state index in [-0.39, 0.29) is 0 Å². The minimum absolute atomic E-state index is 1.03. The summed E-state index contributed by atoms with van der Waals surface area (Å²) in [5, 5.41) is 6.37. The molecule has 0 atom stereocenters. The van der Waals surface area contributed by atoms with Gasteiger partial charge in [-0.25, -0.2) is 0 Å². The maximum absolute atomic E-state index is 13.0. The van der Waals surface area contributed by atoms with E-state index in [1.165, 1.54) is 0 Å². The first-order chi connectivity index (χ1) is 9.81. The van der Waals surface area contributed by atoms with Gasteiger partial charge >= 0.3 is 12.4 Å². The van der Waals surface area contributed by atoms with E-state index in [2.05, 4.69) is 0 Å². The third-order valence-corrected chi connectivity index (χ3v) is 3.32. The Kier molecular flexibility index (Phi) is 4.89. The summed E-state index contributed by atoms with van der Waals surface area (Å²) >= 11 is 10.9. The van der Waals surface area contributed by atoms with Crippen molar-refractivity contribution in [3.8, 4) is 6.07 Å². The number of carbonyl (C=O) groups excluding carboxylic acids is 1. The first kappa shape index (κ1) is 18.4. The van der Waals surface area contributed by atoms with Crippen LogP contribution >= 0.6 is 23.2 Å². The number of hydrogen-bond donors (Lipinski definition) is 1. The number of carbonyl (C=O) groups is 1. The molecule has 0 saturated carbocycles. The zero-order valence-corrected chi connectivity index (χ0v) is 11.7. The lowest BCUT2D eigenvalue weighted by Gasteiger charge is -2.19. The molecule has 1 rings (SSSR count). The minimum Gasteiger partial charge on any atom is -0.366 e. The molecule has 0 aliphatic carbocycles. The van der Waals surface area contributed by atoms with Gasteiger partial charge in [-0.15, -0.1) is 0 Å². The Bertz CT molecular complexity index is 675. The summed E-state index contributed by atoms with van der Waals surface area (Å²) in [6.07, 6.45) is -12.1. The van der Waals surface area contributed by atoms with Gasteiger partial charge in [-0.05, 0) is 5.56 Å². The van der Waals surface area contributed by atoms with E-state index in [9.17, 15) is 31.1 Å². The van der Waals surface area contributed by atoms with Crippen molar-refractivity contribution in [2.24, 2.45) is 5.73 Å². The number of hydrogen-bond acceptors (Lipinski definition) is 2. The molecule has 0 unspecified atom stereocenters. The molecule has 0 aliphatic rings. The molecule has 3 nitrogen and oxygen atoms in total. The number of benzene rings is 1. The van der Waals surface area contributed by atoms with Gasteiger partial charge in [0.15, 0.2) is 0 Å². The maximum Gasteiger partial charge on any atom is 0.419 e. The average molecular weight is 365 g/mol. The van der Waals surface area contributed by atoms with Crippen molar-refractivity contribution in [3.05, 3.63) is 32.3 Å². The largest absolute Gasteiger partial charge is 0.419 e. The number of halogens is 8. The summed E-state index contributed by atoms with van der Waals surface area (Å²) in [7, 11) is 0. The molecule has 0 radical (unpaired) electrons. The van der Waals surface area contributed by atoms with Crippen molar-refractivity contribution < 1.29 is 31.1 Å². The molecule has 0 saturated heterocycles. The van der Waals surface area contributed by atoms with Crippen LogP contribution in [0.3, 0.4) is 0 Å². The quantitative estimate of drug-likeness (QED) is 0.803. The summed E-state index contributed by atoms with van der Waals surface area (Å²) in [6, 6.07) is 1.05. The van der Waals surface area contributed by atoms with E-state index in [0.29, 0.717) is 0 Å². The summed E-state index contributed by atoms with van der Waals surface area (Å²) in [4.78, 5) is 11.2. The van der Waals surface area contributed by atoms with Gasteiger partial charge in [0.2, 0.25) is 0 Å². The Morgan fingerprint density at radius 3 is 1.95 bits per heavy atom. The first-order valence-corrected chi connectivity index (χ1v) is 5.94. The highest BCUT2D eigenvalue weighted by molar-refractivity contribution is 6.39. The fraction of sp³-hybridized carbons (Fsp3) is 0.273. The molecule has 0 spiro atoms. The zero-order chi connectivity index (χ0) is 17.5. The van der Waals surface area contributed by atoms with Crippen molar-refractivity contribution in [1.29, 1.82) is 5.26 Å². The Morgan fingerprint density at radius 2 is 1.64 bits per heavy atom. The highest BCUT2D eigenvalue weighted by Gasteiger charge is 2.42. The van der Waals surface area contributed by atoms with Crippen LogP contribution in [0.15, 0.2) is 0 Å². The molecule has 120 valence electrons. The normalized spacial score (nSPS) is 12.1. The van der Waals surface area contributed by atoms with Gasteiger partial charge in [-0.1, -0.05) is 23.2 Å². The van der Waals surface area contributed by atoms with Gasteiger partial charge in [0.25, 0.3) is 5.91 Å². The van der Waals surface area contributed by atoms with Gasteiger partial charge in [0.1, 0.15) is 6.07 Å². The predicted octanol–water partition coefficient (Wildman–Crippen LogP) is 4.09. The van der Waals surface area contributed by atoms with Crippen molar-refractivity contribution in [2.75, 3.05) is 0 Å². The summed E-state index contributed by atoms with van der Waals surface area (Å²) in [5.74, 6) is -1.58. The van der Waals surface area contributed by atoms with E-state index in [1.54, 1.807) is 0 Å². The van der Waals surface area contributed by atoms with Crippen LogP contribution in [0.25, 0.3) is 0 Å². The number of alkyl halides is 6. The molecule has 2 N–H and O–H groups in total. The second-order valence-electron chi connectivity index (χ2n) is 4.00. The van der Waals surface area contributed by atoms with Crippen molar-refractivity contribution in [3.63, 3.8) is 0 Å². The van der Waals surface area contributed by atoms with E-state index in [4.69, 9.17) is 34.2 Å². The lowest BCUT2D eigenvalue weighted by molar-refractivity contribution is -0.138. The lowest BCUT2D eigenvalue weighted by atomic mass is 9.95. The number of nitriles is 1.